The second-order valence-electron chi connectivity index (χ2n) is 5.91. The number of benzene rings is 1. The van der Waals surface area contributed by atoms with Crippen molar-refractivity contribution in [1.82, 2.24) is 5.32 Å². The predicted octanol–water partition coefficient (Wildman–Crippen LogP) is 2.89. The quantitative estimate of drug-likeness (QED) is 0.751. The summed E-state index contributed by atoms with van der Waals surface area (Å²) in [4.78, 5) is 23.7. The fraction of sp³-hybridized carbons (Fsp3) is 0.556. The first-order valence-corrected chi connectivity index (χ1v) is 7.93. The molecule has 1 amide bonds. The number of hydrogen-bond acceptors (Lipinski definition) is 3. The monoisotopic (exact) mass is 305 g/mol. The molecule has 0 aromatic heterocycles. The summed E-state index contributed by atoms with van der Waals surface area (Å²) in [5, 5.41) is 2.75. The van der Waals surface area contributed by atoms with Gasteiger partial charge >= 0.3 is 5.97 Å². The third-order valence-corrected chi connectivity index (χ3v) is 3.64. The number of esters is 1. The third kappa shape index (κ3) is 5.88. The van der Waals surface area contributed by atoms with E-state index >= 15 is 0 Å². The summed E-state index contributed by atoms with van der Waals surface area (Å²) in [7, 11) is 1.33. The van der Waals surface area contributed by atoms with Gasteiger partial charge in [0, 0.05) is 0 Å². The Bertz CT molecular complexity index is 480. The number of hydrogen-bond donors (Lipinski definition) is 1. The SMILES string of the molecule is CCCCc1ccc(CC(=O)NC(C(=O)OC)C(C)C)cc1. The summed E-state index contributed by atoms with van der Waals surface area (Å²) < 4.78 is 4.72. The third-order valence-electron chi connectivity index (χ3n) is 3.64. The van der Waals surface area contributed by atoms with Gasteiger partial charge in [0.1, 0.15) is 6.04 Å². The molecule has 1 atom stereocenters. The molecule has 1 N–H and O–H groups in total. The van der Waals surface area contributed by atoms with Gasteiger partial charge in [-0.3, -0.25) is 4.79 Å². The zero-order chi connectivity index (χ0) is 16.5. The first-order chi connectivity index (χ1) is 10.5. The van der Waals surface area contributed by atoms with Crippen LogP contribution in [0.25, 0.3) is 0 Å². The standard InChI is InChI=1S/C18H27NO3/c1-5-6-7-14-8-10-15(11-9-14)12-16(20)19-17(13(2)3)18(21)22-4/h8-11,13,17H,5-7,12H2,1-4H3,(H,19,20). The molecule has 4 nitrogen and oxygen atoms in total. The van der Waals surface area contributed by atoms with E-state index in [4.69, 9.17) is 4.74 Å². The number of unbranched alkanes of at least 4 members (excludes halogenated alkanes) is 1. The molecular formula is C18H27NO3. The van der Waals surface area contributed by atoms with E-state index in [-0.39, 0.29) is 18.2 Å². The summed E-state index contributed by atoms with van der Waals surface area (Å²) in [5.74, 6) is -0.573. The minimum atomic E-state index is -0.596. The van der Waals surface area contributed by atoms with E-state index in [0.717, 1.165) is 12.0 Å². The molecule has 122 valence electrons. The highest BCUT2D eigenvalue weighted by Crippen LogP contribution is 2.09. The molecule has 0 heterocycles. The van der Waals surface area contributed by atoms with Gasteiger partial charge in [-0.25, -0.2) is 4.79 Å². The van der Waals surface area contributed by atoms with Crippen LogP contribution in [0.4, 0.5) is 0 Å². The normalized spacial score (nSPS) is 12.0. The Hall–Kier alpha value is -1.84. The largest absolute Gasteiger partial charge is 0.467 e. The molecule has 0 fully saturated rings. The molecule has 0 saturated heterocycles. The highest BCUT2D eigenvalue weighted by molar-refractivity contribution is 5.85. The molecule has 1 aromatic carbocycles. The van der Waals surface area contributed by atoms with E-state index < -0.39 is 12.0 Å². The molecule has 1 unspecified atom stereocenters. The van der Waals surface area contributed by atoms with Crippen LogP contribution in [0.5, 0.6) is 0 Å². The van der Waals surface area contributed by atoms with Crippen LogP contribution in [-0.4, -0.2) is 25.0 Å². The Morgan fingerprint density at radius 1 is 1.14 bits per heavy atom. The van der Waals surface area contributed by atoms with E-state index in [1.165, 1.54) is 25.5 Å². The maximum absolute atomic E-state index is 12.1. The number of carbonyl (C=O) groups excluding carboxylic acids is 2. The van der Waals surface area contributed by atoms with Crippen molar-refractivity contribution in [2.24, 2.45) is 5.92 Å². The van der Waals surface area contributed by atoms with Crippen molar-refractivity contribution in [3.63, 3.8) is 0 Å². The van der Waals surface area contributed by atoms with Crippen LogP contribution < -0.4 is 5.32 Å². The molecule has 0 aliphatic rings. The lowest BCUT2D eigenvalue weighted by Crippen LogP contribution is -2.45. The van der Waals surface area contributed by atoms with Gasteiger partial charge in [0.05, 0.1) is 13.5 Å². The van der Waals surface area contributed by atoms with Crippen LogP contribution in [0.15, 0.2) is 24.3 Å². The molecule has 0 radical (unpaired) electrons. The number of carbonyl (C=O) groups is 2. The van der Waals surface area contributed by atoms with E-state index in [0.29, 0.717) is 0 Å². The summed E-state index contributed by atoms with van der Waals surface area (Å²) in [6.07, 6.45) is 3.69. The number of aryl methyl sites for hydroxylation is 1. The van der Waals surface area contributed by atoms with Crippen LogP contribution in [0.2, 0.25) is 0 Å². The van der Waals surface area contributed by atoms with E-state index in [1.54, 1.807) is 0 Å². The fourth-order valence-corrected chi connectivity index (χ4v) is 2.24. The van der Waals surface area contributed by atoms with Crippen molar-refractivity contribution in [2.75, 3.05) is 7.11 Å². The minimum Gasteiger partial charge on any atom is -0.467 e. The Labute approximate surface area is 133 Å². The minimum absolute atomic E-state index is 0.00665. The van der Waals surface area contributed by atoms with Gasteiger partial charge in [-0.1, -0.05) is 51.5 Å². The van der Waals surface area contributed by atoms with Crippen molar-refractivity contribution in [3.05, 3.63) is 35.4 Å². The predicted molar refractivity (Wildman–Crippen MR) is 87.5 cm³/mol. The maximum Gasteiger partial charge on any atom is 0.328 e. The lowest BCUT2D eigenvalue weighted by molar-refractivity contribution is -0.146. The second kappa shape index (κ2) is 9.23. The molecular weight excluding hydrogens is 278 g/mol. The molecule has 4 heteroatoms. The Balaban J connectivity index is 2.58. The van der Waals surface area contributed by atoms with Gasteiger partial charge in [-0.2, -0.15) is 0 Å². The van der Waals surface area contributed by atoms with E-state index in [1.807, 2.05) is 26.0 Å². The lowest BCUT2D eigenvalue weighted by atomic mass is 10.0. The summed E-state index contributed by atoms with van der Waals surface area (Å²) in [5.41, 5.74) is 2.24. The summed E-state index contributed by atoms with van der Waals surface area (Å²) in [6.45, 7) is 5.93. The van der Waals surface area contributed by atoms with Gasteiger partial charge in [-0.15, -0.1) is 0 Å². The number of ether oxygens (including phenoxy) is 1. The van der Waals surface area contributed by atoms with Crippen LogP contribution in [-0.2, 0) is 27.2 Å². The zero-order valence-electron chi connectivity index (χ0n) is 14.0. The Morgan fingerprint density at radius 3 is 2.23 bits per heavy atom. The highest BCUT2D eigenvalue weighted by atomic mass is 16.5. The maximum atomic E-state index is 12.1. The molecule has 22 heavy (non-hydrogen) atoms. The first-order valence-electron chi connectivity index (χ1n) is 7.93. The van der Waals surface area contributed by atoms with Crippen LogP contribution in [0.3, 0.4) is 0 Å². The molecule has 0 spiro atoms. The van der Waals surface area contributed by atoms with E-state index in [2.05, 4.69) is 24.4 Å². The second-order valence-corrected chi connectivity index (χ2v) is 5.91. The fourth-order valence-electron chi connectivity index (χ4n) is 2.24. The average molecular weight is 305 g/mol. The summed E-state index contributed by atoms with van der Waals surface area (Å²) >= 11 is 0. The van der Waals surface area contributed by atoms with Crippen molar-refractivity contribution < 1.29 is 14.3 Å². The van der Waals surface area contributed by atoms with Crippen LogP contribution in [0.1, 0.15) is 44.7 Å². The van der Waals surface area contributed by atoms with Gasteiger partial charge in [0.25, 0.3) is 0 Å². The molecule has 1 rings (SSSR count). The summed E-state index contributed by atoms with van der Waals surface area (Å²) in [6, 6.07) is 7.50. The van der Waals surface area contributed by atoms with Crippen molar-refractivity contribution in [1.29, 1.82) is 0 Å². The van der Waals surface area contributed by atoms with Crippen LogP contribution >= 0.6 is 0 Å². The van der Waals surface area contributed by atoms with Crippen molar-refractivity contribution >= 4 is 11.9 Å². The van der Waals surface area contributed by atoms with Gasteiger partial charge < -0.3 is 10.1 Å². The average Bonchev–Trinajstić information content (AvgIpc) is 2.51. The van der Waals surface area contributed by atoms with E-state index in [9.17, 15) is 9.59 Å². The molecule has 0 saturated carbocycles. The Morgan fingerprint density at radius 2 is 1.73 bits per heavy atom. The molecule has 0 aliphatic heterocycles. The number of rotatable bonds is 8. The molecule has 1 aromatic rings. The first kappa shape index (κ1) is 18.2. The van der Waals surface area contributed by atoms with Crippen molar-refractivity contribution in [3.8, 4) is 0 Å². The number of nitrogens with one attached hydrogen (secondary N) is 1. The smallest absolute Gasteiger partial charge is 0.328 e. The van der Waals surface area contributed by atoms with Gasteiger partial charge in [0.15, 0.2) is 0 Å². The van der Waals surface area contributed by atoms with Gasteiger partial charge in [0.2, 0.25) is 5.91 Å². The topological polar surface area (TPSA) is 55.4 Å². The van der Waals surface area contributed by atoms with Crippen LogP contribution in [0, 0.1) is 5.92 Å². The number of amides is 1. The van der Waals surface area contributed by atoms with Crippen molar-refractivity contribution in [2.45, 2.75) is 52.5 Å². The highest BCUT2D eigenvalue weighted by Gasteiger charge is 2.24. The number of methoxy groups -OCH3 is 1. The lowest BCUT2D eigenvalue weighted by Gasteiger charge is -2.19. The van der Waals surface area contributed by atoms with Gasteiger partial charge in [-0.05, 0) is 29.9 Å². The zero-order valence-corrected chi connectivity index (χ0v) is 14.0. The molecule has 0 aliphatic carbocycles. The molecule has 0 bridgehead atoms. The Kier molecular flexibility index (Phi) is 7.64.